The minimum Gasteiger partial charge on any atom is -0.496 e. The van der Waals surface area contributed by atoms with Crippen molar-refractivity contribution in [1.82, 2.24) is 19.5 Å². The molecule has 5 rings (SSSR count). The first-order valence-corrected chi connectivity index (χ1v) is 10.3. The van der Waals surface area contributed by atoms with Crippen LogP contribution in [-0.2, 0) is 11.3 Å². The van der Waals surface area contributed by atoms with Crippen LogP contribution in [0.2, 0.25) is 0 Å². The fourth-order valence-corrected chi connectivity index (χ4v) is 3.93. The van der Waals surface area contributed by atoms with Gasteiger partial charge in [-0.15, -0.1) is 0 Å². The number of benzene rings is 2. The van der Waals surface area contributed by atoms with Crippen molar-refractivity contribution in [2.75, 3.05) is 33.4 Å². The summed E-state index contributed by atoms with van der Waals surface area (Å²) in [6.07, 6.45) is 2.96. The molecule has 164 valence electrons. The van der Waals surface area contributed by atoms with Crippen molar-refractivity contribution in [3.63, 3.8) is 0 Å². The minimum absolute atomic E-state index is 0.285. The molecule has 0 saturated carbocycles. The number of ether oxygens (including phenoxy) is 2. The molecule has 0 atom stereocenters. The van der Waals surface area contributed by atoms with Gasteiger partial charge in [-0.1, -0.05) is 0 Å². The summed E-state index contributed by atoms with van der Waals surface area (Å²) in [5.41, 5.74) is 2.87. The lowest BCUT2D eigenvalue weighted by molar-refractivity contribution is 0.0339. The van der Waals surface area contributed by atoms with Gasteiger partial charge in [0.2, 0.25) is 0 Å². The number of halogens is 1. The molecule has 1 aliphatic heterocycles. The van der Waals surface area contributed by atoms with E-state index in [2.05, 4.69) is 20.0 Å². The second kappa shape index (κ2) is 8.52. The maximum atomic E-state index is 13.6. The van der Waals surface area contributed by atoms with Gasteiger partial charge in [0, 0.05) is 36.1 Å². The highest BCUT2D eigenvalue weighted by Gasteiger charge is 2.14. The van der Waals surface area contributed by atoms with Gasteiger partial charge in [0.1, 0.15) is 28.9 Å². The summed E-state index contributed by atoms with van der Waals surface area (Å²) in [4.78, 5) is 22.5. The van der Waals surface area contributed by atoms with Gasteiger partial charge in [-0.25, -0.2) is 9.37 Å². The minimum atomic E-state index is -0.380. The lowest BCUT2D eigenvalue weighted by Crippen LogP contribution is -2.35. The van der Waals surface area contributed by atoms with Crippen LogP contribution in [0.25, 0.3) is 21.9 Å². The van der Waals surface area contributed by atoms with Crippen molar-refractivity contribution in [2.24, 2.45) is 5.10 Å². The molecule has 1 aliphatic rings. The average molecular weight is 435 g/mol. The number of hydrogen-bond acceptors (Lipinski definition) is 6. The topological polar surface area (TPSA) is 84.7 Å². The van der Waals surface area contributed by atoms with Crippen molar-refractivity contribution in [1.29, 1.82) is 0 Å². The lowest BCUT2D eigenvalue weighted by atomic mass is 10.1. The molecule has 0 aliphatic carbocycles. The van der Waals surface area contributed by atoms with Crippen LogP contribution in [-0.4, -0.2) is 59.2 Å². The van der Waals surface area contributed by atoms with E-state index in [1.54, 1.807) is 19.4 Å². The molecule has 8 nitrogen and oxygen atoms in total. The fraction of sp³-hybridized carbons (Fsp3) is 0.261. The highest BCUT2D eigenvalue weighted by molar-refractivity contribution is 6.04. The van der Waals surface area contributed by atoms with E-state index in [0.29, 0.717) is 16.4 Å². The van der Waals surface area contributed by atoms with Crippen LogP contribution >= 0.6 is 0 Å². The normalized spacial score (nSPS) is 15.2. The quantitative estimate of drug-likeness (QED) is 0.488. The zero-order chi connectivity index (χ0) is 22.1. The molecule has 2 aromatic heterocycles. The molecule has 1 fully saturated rings. The molecule has 0 bridgehead atoms. The zero-order valence-electron chi connectivity index (χ0n) is 17.5. The number of nitrogens with one attached hydrogen (secondary N) is 1. The Hall–Kier alpha value is -3.56. The van der Waals surface area contributed by atoms with E-state index in [1.807, 2.05) is 18.2 Å². The number of aromatic nitrogens is 3. The number of H-pyrrole nitrogens is 1. The summed E-state index contributed by atoms with van der Waals surface area (Å²) in [5, 5.41) is 4.87. The number of rotatable bonds is 5. The largest absolute Gasteiger partial charge is 0.496 e. The van der Waals surface area contributed by atoms with E-state index in [0.717, 1.165) is 49.7 Å². The van der Waals surface area contributed by atoms with Crippen molar-refractivity contribution in [2.45, 2.75) is 6.54 Å². The molecule has 3 heterocycles. The van der Waals surface area contributed by atoms with Crippen LogP contribution in [0.3, 0.4) is 0 Å². The smallest absolute Gasteiger partial charge is 0.298 e. The lowest BCUT2D eigenvalue weighted by Gasteiger charge is -2.27. The van der Waals surface area contributed by atoms with Crippen LogP contribution in [0.4, 0.5) is 4.39 Å². The molecule has 2 aromatic carbocycles. The van der Waals surface area contributed by atoms with Gasteiger partial charge in [-0.05, 0) is 42.0 Å². The molecule has 1 N–H and O–H groups in total. The fourth-order valence-electron chi connectivity index (χ4n) is 3.93. The standard InChI is InChI=1S/C23H22FN5O3/c1-31-20-5-2-15(10-16(20)13-28-6-8-32-9-7-28)12-26-29-14-25-21-18-11-17(24)3-4-19(18)27-22(21)23(29)30/h2-5,10-12,14,27H,6-9,13H2,1H3/b26-12+. The first-order valence-electron chi connectivity index (χ1n) is 10.3. The van der Waals surface area contributed by atoms with Crippen LogP contribution in [0.1, 0.15) is 11.1 Å². The van der Waals surface area contributed by atoms with E-state index in [9.17, 15) is 9.18 Å². The highest BCUT2D eigenvalue weighted by Crippen LogP contribution is 2.23. The monoisotopic (exact) mass is 435 g/mol. The van der Waals surface area contributed by atoms with E-state index in [-0.39, 0.29) is 16.9 Å². The SMILES string of the molecule is COc1ccc(/C=N/n2cnc3c([nH]c4ccc(F)cc43)c2=O)cc1CN1CCOCC1. The summed E-state index contributed by atoms with van der Waals surface area (Å²) in [5.74, 6) is 0.425. The van der Waals surface area contributed by atoms with Crippen molar-refractivity contribution in [3.05, 3.63) is 70.0 Å². The predicted octanol–water partition coefficient (Wildman–Crippen LogP) is 2.74. The molecule has 1 saturated heterocycles. The Morgan fingerprint density at radius 3 is 2.91 bits per heavy atom. The molecule has 0 unspecified atom stereocenters. The highest BCUT2D eigenvalue weighted by atomic mass is 19.1. The van der Waals surface area contributed by atoms with Gasteiger partial charge in [0.15, 0.2) is 0 Å². The van der Waals surface area contributed by atoms with Gasteiger partial charge in [-0.2, -0.15) is 9.78 Å². The van der Waals surface area contributed by atoms with Gasteiger partial charge in [0.25, 0.3) is 5.56 Å². The Balaban J connectivity index is 1.45. The summed E-state index contributed by atoms with van der Waals surface area (Å²) in [6.45, 7) is 3.94. The van der Waals surface area contributed by atoms with Crippen molar-refractivity contribution in [3.8, 4) is 5.75 Å². The predicted molar refractivity (Wildman–Crippen MR) is 120 cm³/mol. The van der Waals surface area contributed by atoms with Crippen LogP contribution in [0.15, 0.2) is 52.6 Å². The van der Waals surface area contributed by atoms with Gasteiger partial charge >= 0.3 is 0 Å². The molecule has 9 heteroatoms. The summed E-state index contributed by atoms with van der Waals surface area (Å²) in [6, 6.07) is 10.1. The average Bonchev–Trinajstić information content (AvgIpc) is 3.18. The Kier molecular flexibility index (Phi) is 5.42. The van der Waals surface area contributed by atoms with Crippen LogP contribution < -0.4 is 10.3 Å². The molecule has 0 amide bonds. The first-order chi connectivity index (χ1) is 15.6. The number of morpholine rings is 1. The molecule has 32 heavy (non-hydrogen) atoms. The Morgan fingerprint density at radius 2 is 2.09 bits per heavy atom. The zero-order valence-corrected chi connectivity index (χ0v) is 17.5. The third kappa shape index (κ3) is 3.88. The number of fused-ring (bicyclic) bond motifs is 3. The van der Waals surface area contributed by atoms with E-state index < -0.39 is 0 Å². The van der Waals surface area contributed by atoms with Crippen LogP contribution in [0.5, 0.6) is 5.75 Å². The number of methoxy groups -OCH3 is 1. The second-order valence-corrected chi connectivity index (χ2v) is 7.64. The number of nitrogens with zero attached hydrogens (tertiary/aromatic N) is 4. The number of hydrogen-bond donors (Lipinski definition) is 1. The maximum Gasteiger partial charge on any atom is 0.298 e. The van der Waals surface area contributed by atoms with Gasteiger partial charge < -0.3 is 14.5 Å². The van der Waals surface area contributed by atoms with Gasteiger partial charge in [0.05, 0.1) is 26.5 Å². The van der Waals surface area contributed by atoms with Crippen molar-refractivity contribution < 1.29 is 13.9 Å². The third-order valence-corrected chi connectivity index (χ3v) is 5.58. The number of aromatic amines is 1. The molecule has 0 radical (unpaired) electrons. The van der Waals surface area contributed by atoms with E-state index >= 15 is 0 Å². The summed E-state index contributed by atoms with van der Waals surface area (Å²) >= 11 is 0. The Morgan fingerprint density at radius 1 is 1.25 bits per heavy atom. The molecular formula is C23H22FN5O3. The van der Waals surface area contributed by atoms with E-state index in [1.165, 1.54) is 23.1 Å². The van der Waals surface area contributed by atoms with Gasteiger partial charge in [-0.3, -0.25) is 9.69 Å². The van der Waals surface area contributed by atoms with E-state index in [4.69, 9.17) is 9.47 Å². The molecular weight excluding hydrogens is 413 g/mol. The summed E-state index contributed by atoms with van der Waals surface area (Å²) in [7, 11) is 1.65. The maximum absolute atomic E-state index is 13.6. The third-order valence-electron chi connectivity index (χ3n) is 5.58. The Labute approximate surface area is 182 Å². The molecule has 0 spiro atoms. The Bertz CT molecular complexity index is 1370. The van der Waals surface area contributed by atoms with Crippen LogP contribution in [0, 0.1) is 5.82 Å². The van der Waals surface area contributed by atoms with Crippen molar-refractivity contribution >= 4 is 28.2 Å². The second-order valence-electron chi connectivity index (χ2n) is 7.64. The first kappa shape index (κ1) is 20.3. The summed E-state index contributed by atoms with van der Waals surface area (Å²) < 4.78 is 25.7. The molecule has 4 aromatic rings.